The Kier molecular flexibility index (Phi) is 1.32. The van der Waals surface area contributed by atoms with E-state index in [0.29, 0.717) is 5.41 Å². The summed E-state index contributed by atoms with van der Waals surface area (Å²) in [5.41, 5.74) is 3.27. The third kappa shape index (κ3) is 1.18. The van der Waals surface area contributed by atoms with E-state index in [1.54, 1.807) is 0 Å². The van der Waals surface area contributed by atoms with Crippen LogP contribution in [-0.2, 0) is 0 Å². The highest BCUT2D eigenvalue weighted by Crippen LogP contribution is 2.37. The molecule has 0 N–H and O–H groups in total. The van der Waals surface area contributed by atoms with Gasteiger partial charge in [-0.1, -0.05) is 38.2 Å². The molecule has 2 aliphatic carbocycles. The summed E-state index contributed by atoms with van der Waals surface area (Å²) in [5, 5.41) is 0. The van der Waals surface area contributed by atoms with E-state index in [1.165, 1.54) is 17.6 Å². The van der Waals surface area contributed by atoms with Gasteiger partial charge < -0.3 is 0 Å². The standard InChI is InChI=1S/C11H13/c1-11(2)7-6-9-4-3-5-10(9)8-11/h3-7H,8H2,1-2H3. The molecule has 0 bridgehead atoms. The Labute approximate surface area is 68.3 Å². The molecule has 0 atom stereocenters. The van der Waals surface area contributed by atoms with Gasteiger partial charge >= 0.3 is 0 Å². The lowest BCUT2D eigenvalue weighted by molar-refractivity contribution is 0.473. The van der Waals surface area contributed by atoms with Crippen molar-refractivity contribution in [2.75, 3.05) is 0 Å². The molecule has 0 heteroatoms. The second kappa shape index (κ2) is 2.10. The molecule has 1 radical (unpaired) electrons. The molecule has 0 heterocycles. The lowest BCUT2D eigenvalue weighted by atomic mass is 9.80. The predicted molar refractivity (Wildman–Crippen MR) is 48.0 cm³/mol. The first-order valence-corrected chi connectivity index (χ1v) is 4.11. The van der Waals surface area contributed by atoms with Gasteiger partial charge in [-0.3, -0.25) is 0 Å². The molecule has 11 heavy (non-hydrogen) atoms. The van der Waals surface area contributed by atoms with E-state index in [0.717, 1.165) is 0 Å². The highest BCUT2D eigenvalue weighted by atomic mass is 14.3. The van der Waals surface area contributed by atoms with Gasteiger partial charge in [-0.25, -0.2) is 0 Å². The van der Waals surface area contributed by atoms with Crippen LogP contribution in [0, 0.1) is 11.8 Å². The van der Waals surface area contributed by atoms with E-state index in [1.807, 2.05) is 0 Å². The topological polar surface area (TPSA) is 0 Å². The molecule has 0 aromatic carbocycles. The van der Waals surface area contributed by atoms with Crippen LogP contribution in [0.3, 0.4) is 0 Å². The van der Waals surface area contributed by atoms with Crippen LogP contribution in [0.5, 0.6) is 0 Å². The molecule has 0 saturated carbocycles. The zero-order valence-corrected chi connectivity index (χ0v) is 7.09. The van der Waals surface area contributed by atoms with Crippen LogP contribution in [0.1, 0.15) is 20.3 Å². The summed E-state index contributed by atoms with van der Waals surface area (Å²) in [6, 6.07) is 0. The maximum atomic E-state index is 2.30. The SMILES string of the molecule is CC1(C)C=CC2=C(C=C[CH]2)C1. The lowest BCUT2D eigenvalue weighted by Gasteiger charge is -2.24. The maximum absolute atomic E-state index is 2.30. The second-order valence-corrected chi connectivity index (χ2v) is 4.01. The molecular weight excluding hydrogens is 132 g/mol. The van der Waals surface area contributed by atoms with Crippen molar-refractivity contribution in [3.8, 4) is 0 Å². The van der Waals surface area contributed by atoms with E-state index in [2.05, 4.69) is 44.6 Å². The van der Waals surface area contributed by atoms with Crippen LogP contribution in [-0.4, -0.2) is 0 Å². The molecule has 0 amide bonds. The van der Waals surface area contributed by atoms with E-state index in [4.69, 9.17) is 0 Å². The van der Waals surface area contributed by atoms with Gasteiger partial charge in [-0.2, -0.15) is 0 Å². The smallest absolute Gasteiger partial charge is 0.0127 e. The first-order valence-electron chi connectivity index (χ1n) is 4.11. The van der Waals surface area contributed by atoms with Crippen molar-refractivity contribution < 1.29 is 0 Å². The summed E-state index contributed by atoms with van der Waals surface area (Å²) in [7, 11) is 0. The van der Waals surface area contributed by atoms with Crippen molar-refractivity contribution in [1.82, 2.24) is 0 Å². The summed E-state index contributed by atoms with van der Waals surface area (Å²) >= 11 is 0. The number of hydrogen-bond acceptors (Lipinski definition) is 0. The van der Waals surface area contributed by atoms with Crippen LogP contribution < -0.4 is 0 Å². The molecule has 0 aliphatic heterocycles. The Morgan fingerprint density at radius 3 is 2.91 bits per heavy atom. The van der Waals surface area contributed by atoms with Crippen LogP contribution in [0.4, 0.5) is 0 Å². The Morgan fingerprint density at radius 2 is 2.09 bits per heavy atom. The molecule has 0 aromatic rings. The molecule has 2 aliphatic rings. The average molecular weight is 145 g/mol. The van der Waals surface area contributed by atoms with Crippen molar-refractivity contribution in [2.45, 2.75) is 20.3 Å². The monoisotopic (exact) mass is 145 g/mol. The van der Waals surface area contributed by atoms with Gasteiger partial charge in [0.05, 0.1) is 0 Å². The third-order valence-electron chi connectivity index (χ3n) is 2.30. The van der Waals surface area contributed by atoms with Gasteiger partial charge in [-0.05, 0) is 23.0 Å². The van der Waals surface area contributed by atoms with Crippen LogP contribution in [0.25, 0.3) is 0 Å². The number of rotatable bonds is 0. The molecule has 2 rings (SSSR count). The quantitative estimate of drug-likeness (QED) is 0.491. The van der Waals surface area contributed by atoms with Crippen LogP contribution in [0.2, 0.25) is 0 Å². The minimum Gasteiger partial charge on any atom is -0.0782 e. The van der Waals surface area contributed by atoms with Gasteiger partial charge in [-0.15, -0.1) is 0 Å². The summed E-state index contributed by atoms with van der Waals surface area (Å²) in [6.07, 6.45) is 12.3. The Balaban J connectivity index is 2.31. The van der Waals surface area contributed by atoms with E-state index < -0.39 is 0 Å². The van der Waals surface area contributed by atoms with Gasteiger partial charge in [0.25, 0.3) is 0 Å². The van der Waals surface area contributed by atoms with Gasteiger partial charge in [0.1, 0.15) is 0 Å². The first-order chi connectivity index (χ1) is 5.17. The predicted octanol–water partition coefficient (Wildman–Crippen LogP) is 3.04. The lowest BCUT2D eigenvalue weighted by Crippen LogP contribution is -2.11. The van der Waals surface area contributed by atoms with Crippen LogP contribution >= 0.6 is 0 Å². The highest BCUT2D eigenvalue weighted by molar-refractivity contribution is 5.50. The van der Waals surface area contributed by atoms with Crippen molar-refractivity contribution in [1.29, 1.82) is 0 Å². The molecule has 0 unspecified atom stereocenters. The third-order valence-corrected chi connectivity index (χ3v) is 2.30. The zero-order chi connectivity index (χ0) is 7.90. The summed E-state index contributed by atoms with van der Waals surface area (Å²) in [5.74, 6) is 0. The first kappa shape index (κ1) is 6.90. The van der Waals surface area contributed by atoms with Crippen LogP contribution in [0.15, 0.2) is 35.5 Å². The summed E-state index contributed by atoms with van der Waals surface area (Å²) < 4.78 is 0. The molecule has 0 aromatic heterocycles. The van der Waals surface area contributed by atoms with Gasteiger partial charge in [0, 0.05) is 6.42 Å². The molecule has 0 spiro atoms. The Bertz CT molecular complexity index is 262. The molecule has 57 valence electrons. The second-order valence-electron chi connectivity index (χ2n) is 4.01. The average Bonchev–Trinajstić information content (AvgIpc) is 2.31. The Hall–Kier alpha value is -0.780. The van der Waals surface area contributed by atoms with Crippen molar-refractivity contribution in [3.63, 3.8) is 0 Å². The fourth-order valence-corrected chi connectivity index (χ4v) is 1.66. The van der Waals surface area contributed by atoms with Crippen molar-refractivity contribution >= 4 is 0 Å². The van der Waals surface area contributed by atoms with Gasteiger partial charge in [0.15, 0.2) is 0 Å². The Morgan fingerprint density at radius 1 is 1.27 bits per heavy atom. The fourth-order valence-electron chi connectivity index (χ4n) is 1.66. The minimum absolute atomic E-state index is 0.362. The van der Waals surface area contributed by atoms with E-state index in [-0.39, 0.29) is 0 Å². The highest BCUT2D eigenvalue weighted by Gasteiger charge is 2.22. The van der Waals surface area contributed by atoms with Crippen molar-refractivity contribution in [3.05, 3.63) is 41.9 Å². The fraction of sp³-hybridized carbons (Fsp3) is 0.364. The zero-order valence-electron chi connectivity index (χ0n) is 7.09. The van der Waals surface area contributed by atoms with E-state index >= 15 is 0 Å². The largest absolute Gasteiger partial charge is 0.0782 e. The number of allylic oxidation sites excluding steroid dienone is 6. The van der Waals surface area contributed by atoms with Gasteiger partial charge in [0.2, 0.25) is 0 Å². The van der Waals surface area contributed by atoms with E-state index in [9.17, 15) is 0 Å². The molecule has 0 fully saturated rings. The summed E-state index contributed by atoms with van der Waals surface area (Å²) in [6.45, 7) is 4.55. The molecule has 0 saturated heterocycles. The summed E-state index contributed by atoms with van der Waals surface area (Å²) in [4.78, 5) is 0. The normalized spacial score (nSPS) is 26.0. The number of hydrogen-bond donors (Lipinski definition) is 0. The molecule has 0 nitrogen and oxygen atoms in total. The van der Waals surface area contributed by atoms with Crippen molar-refractivity contribution in [2.24, 2.45) is 5.41 Å². The molecular formula is C11H13. The minimum atomic E-state index is 0.362. The maximum Gasteiger partial charge on any atom is 0.0127 e.